The third-order valence-electron chi connectivity index (χ3n) is 5.35. The van der Waals surface area contributed by atoms with Gasteiger partial charge in [-0.1, -0.05) is 6.07 Å². The van der Waals surface area contributed by atoms with E-state index in [9.17, 15) is 13.6 Å². The van der Waals surface area contributed by atoms with Gasteiger partial charge in [-0.2, -0.15) is 0 Å². The van der Waals surface area contributed by atoms with Gasteiger partial charge in [-0.15, -0.1) is 0 Å². The number of nitrogens with zero attached hydrogens (tertiary/aromatic N) is 2. The fraction of sp³-hybridized carbons (Fsp3) is 0.667. The molecule has 1 aromatic rings. The number of likely N-dealkylation sites (tertiary alicyclic amines) is 1. The smallest absolute Gasteiger partial charge is 0.249 e. The summed E-state index contributed by atoms with van der Waals surface area (Å²) in [6, 6.07) is 5.72. The Morgan fingerprint density at radius 2 is 2.12 bits per heavy atom. The molecular formula is C18H22F2N2O3. The Balaban J connectivity index is 1.26. The summed E-state index contributed by atoms with van der Waals surface area (Å²) in [5.74, 6) is -3.34. The third-order valence-corrected chi connectivity index (χ3v) is 5.35. The van der Waals surface area contributed by atoms with Gasteiger partial charge in [0, 0.05) is 38.0 Å². The van der Waals surface area contributed by atoms with Gasteiger partial charge in [0.1, 0.15) is 5.60 Å². The summed E-state index contributed by atoms with van der Waals surface area (Å²) < 4.78 is 37.7. The molecule has 7 heteroatoms. The molecule has 0 radical (unpaired) electrons. The molecule has 1 atom stereocenters. The first-order chi connectivity index (χ1) is 11.9. The van der Waals surface area contributed by atoms with Crippen molar-refractivity contribution in [3.63, 3.8) is 0 Å². The fourth-order valence-electron chi connectivity index (χ4n) is 3.93. The van der Waals surface area contributed by atoms with Crippen LogP contribution in [0.1, 0.15) is 31.4 Å². The highest BCUT2D eigenvalue weighted by molar-refractivity contribution is 5.81. The van der Waals surface area contributed by atoms with Crippen molar-refractivity contribution in [1.82, 2.24) is 9.88 Å². The highest BCUT2D eigenvalue weighted by Crippen LogP contribution is 2.45. The molecule has 0 aromatic carbocycles. The lowest BCUT2D eigenvalue weighted by Gasteiger charge is -2.54. The van der Waals surface area contributed by atoms with Crippen LogP contribution in [0.15, 0.2) is 24.4 Å². The number of amides is 1. The molecule has 2 saturated heterocycles. The third kappa shape index (κ3) is 3.53. The number of alkyl halides is 2. The summed E-state index contributed by atoms with van der Waals surface area (Å²) >= 11 is 0. The molecule has 2 aliphatic heterocycles. The molecule has 136 valence electrons. The summed E-state index contributed by atoms with van der Waals surface area (Å²) in [6.45, 7) is 2.02. The first-order valence-electron chi connectivity index (χ1n) is 8.77. The molecule has 1 aromatic heterocycles. The number of ether oxygens (including phenoxy) is 2. The predicted octanol–water partition coefficient (Wildman–Crippen LogP) is 2.40. The van der Waals surface area contributed by atoms with E-state index in [4.69, 9.17) is 9.47 Å². The first-order valence-corrected chi connectivity index (χ1v) is 8.77. The number of rotatable bonds is 4. The van der Waals surface area contributed by atoms with E-state index in [1.807, 2.05) is 18.2 Å². The second-order valence-corrected chi connectivity index (χ2v) is 7.43. The topological polar surface area (TPSA) is 51.7 Å². The quantitative estimate of drug-likeness (QED) is 0.835. The maximum absolute atomic E-state index is 12.9. The molecule has 1 aliphatic carbocycles. The van der Waals surface area contributed by atoms with Crippen LogP contribution in [0.5, 0.6) is 0 Å². The Morgan fingerprint density at radius 1 is 1.32 bits per heavy atom. The molecule has 1 spiro atoms. The number of halogens is 2. The van der Waals surface area contributed by atoms with Gasteiger partial charge >= 0.3 is 0 Å². The maximum atomic E-state index is 12.9. The van der Waals surface area contributed by atoms with Crippen LogP contribution in [0.4, 0.5) is 8.78 Å². The molecule has 0 N–H and O–H groups in total. The van der Waals surface area contributed by atoms with Crippen molar-refractivity contribution in [3.8, 4) is 0 Å². The summed E-state index contributed by atoms with van der Waals surface area (Å²) in [6.07, 6.45) is 2.73. The van der Waals surface area contributed by atoms with Crippen molar-refractivity contribution in [1.29, 1.82) is 0 Å². The van der Waals surface area contributed by atoms with Crippen molar-refractivity contribution in [2.45, 2.75) is 49.9 Å². The molecule has 4 rings (SSSR count). The van der Waals surface area contributed by atoms with Gasteiger partial charge < -0.3 is 14.4 Å². The number of hydrogen-bond donors (Lipinski definition) is 0. The van der Waals surface area contributed by atoms with Crippen molar-refractivity contribution >= 4 is 5.91 Å². The number of pyridine rings is 1. The molecule has 3 heterocycles. The summed E-state index contributed by atoms with van der Waals surface area (Å²) in [7, 11) is 0. The lowest BCUT2D eigenvalue weighted by molar-refractivity contribution is -0.211. The Labute approximate surface area is 145 Å². The highest BCUT2D eigenvalue weighted by atomic mass is 19.3. The zero-order valence-electron chi connectivity index (χ0n) is 14.0. The van der Waals surface area contributed by atoms with Crippen LogP contribution in [-0.2, 0) is 20.9 Å². The normalized spacial score (nSPS) is 27.6. The van der Waals surface area contributed by atoms with E-state index in [0.717, 1.165) is 18.5 Å². The van der Waals surface area contributed by atoms with E-state index in [2.05, 4.69) is 4.98 Å². The number of hydrogen-bond acceptors (Lipinski definition) is 4. The molecule has 1 unspecified atom stereocenters. The largest absolute Gasteiger partial charge is 0.372 e. The molecule has 1 amide bonds. The van der Waals surface area contributed by atoms with Crippen LogP contribution >= 0.6 is 0 Å². The lowest BCUT2D eigenvalue weighted by Crippen LogP contribution is -2.68. The maximum Gasteiger partial charge on any atom is 0.249 e. The van der Waals surface area contributed by atoms with E-state index in [1.165, 1.54) is 0 Å². The Bertz CT molecular complexity index is 626. The molecule has 5 nitrogen and oxygen atoms in total. The second-order valence-electron chi connectivity index (χ2n) is 7.43. The zero-order chi connectivity index (χ0) is 17.5. The number of aromatic nitrogens is 1. The minimum Gasteiger partial charge on any atom is -0.372 e. The minimum absolute atomic E-state index is 0.0704. The predicted molar refractivity (Wildman–Crippen MR) is 85.0 cm³/mol. The van der Waals surface area contributed by atoms with Crippen molar-refractivity contribution in [2.24, 2.45) is 5.92 Å². The van der Waals surface area contributed by atoms with Gasteiger partial charge in [-0.05, 0) is 18.6 Å². The fourth-order valence-corrected chi connectivity index (χ4v) is 3.93. The summed E-state index contributed by atoms with van der Waals surface area (Å²) in [4.78, 5) is 18.1. The van der Waals surface area contributed by atoms with Crippen LogP contribution < -0.4 is 0 Å². The molecule has 25 heavy (non-hydrogen) atoms. The van der Waals surface area contributed by atoms with Gasteiger partial charge in [0.05, 0.1) is 31.5 Å². The van der Waals surface area contributed by atoms with Gasteiger partial charge in [0.15, 0.2) is 0 Å². The Hall–Kier alpha value is -1.60. The van der Waals surface area contributed by atoms with Crippen molar-refractivity contribution in [2.75, 3.05) is 19.7 Å². The van der Waals surface area contributed by atoms with Crippen LogP contribution in [0.25, 0.3) is 0 Å². The SMILES string of the molecule is O=C(C1CC(F)(F)C1)N1CC2(CC(OCc3ccccn3)CCO2)C1. The summed E-state index contributed by atoms with van der Waals surface area (Å²) in [5.41, 5.74) is 0.522. The standard InChI is InChI=1S/C18H22F2N2O3/c19-18(20)7-13(8-18)16(23)22-11-17(12-22)9-15(4-6-25-17)24-10-14-3-1-2-5-21-14/h1-3,5,13,15H,4,6-12H2. The molecule has 1 saturated carbocycles. The van der Waals surface area contributed by atoms with Crippen LogP contribution in [0, 0.1) is 5.92 Å². The van der Waals surface area contributed by atoms with E-state index in [1.54, 1.807) is 11.1 Å². The molecular weight excluding hydrogens is 330 g/mol. The van der Waals surface area contributed by atoms with E-state index < -0.39 is 11.8 Å². The van der Waals surface area contributed by atoms with Crippen LogP contribution in [0.3, 0.4) is 0 Å². The second kappa shape index (κ2) is 6.29. The monoisotopic (exact) mass is 352 g/mol. The van der Waals surface area contributed by atoms with E-state index >= 15 is 0 Å². The lowest BCUT2D eigenvalue weighted by atomic mass is 9.77. The Kier molecular flexibility index (Phi) is 4.24. The number of carbonyl (C=O) groups is 1. The zero-order valence-corrected chi connectivity index (χ0v) is 14.0. The first kappa shape index (κ1) is 16.8. The highest BCUT2D eigenvalue weighted by Gasteiger charge is 2.55. The number of carbonyl (C=O) groups excluding carboxylic acids is 1. The van der Waals surface area contributed by atoms with Crippen molar-refractivity contribution in [3.05, 3.63) is 30.1 Å². The average Bonchev–Trinajstić information content (AvgIpc) is 2.56. The van der Waals surface area contributed by atoms with Gasteiger partial charge in [0.2, 0.25) is 11.8 Å². The summed E-state index contributed by atoms with van der Waals surface area (Å²) in [5, 5.41) is 0. The van der Waals surface area contributed by atoms with E-state index in [0.29, 0.717) is 26.3 Å². The Morgan fingerprint density at radius 3 is 2.80 bits per heavy atom. The van der Waals surface area contributed by atoms with Crippen LogP contribution in [-0.4, -0.2) is 53.1 Å². The molecule has 3 aliphatic rings. The molecule has 3 fully saturated rings. The van der Waals surface area contributed by atoms with Crippen molar-refractivity contribution < 1.29 is 23.0 Å². The van der Waals surface area contributed by atoms with Gasteiger partial charge in [-0.25, -0.2) is 8.78 Å². The average molecular weight is 352 g/mol. The van der Waals surface area contributed by atoms with Gasteiger partial charge in [0.25, 0.3) is 0 Å². The van der Waals surface area contributed by atoms with Crippen LogP contribution in [0.2, 0.25) is 0 Å². The van der Waals surface area contributed by atoms with E-state index in [-0.39, 0.29) is 30.5 Å². The minimum atomic E-state index is -2.66. The van der Waals surface area contributed by atoms with Gasteiger partial charge in [-0.3, -0.25) is 9.78 Å². The molecule has 0 bridgehead atoms.